The number of carbonyl (C=O) groups is 1. The molecular formula is C59H104O7. The van der Waals surface area contributed by atoms with Crippen molar-refractivity contribution in [3.8, 4) is 0 Å². The zero-order chi connectivity index (χ0) is 47.5. The van der Waals surface area contributed by atoms with E-state index in [4.69, 9.17) is 14.2 Å². The molecule has 3 N–H and O–H groups in total. The first-order valence-electron chi connectivity index (χ1n) is 28.7. The monoisotopic (exact) mass is 925 g/mol. The highest BCUT2D eigenvalue weighted by Gasteiger charge is 2.59. The van der Waals surface area contributed by atoms with E-state index in [1.54, 1.807) is 0 Å². The summed E-state index contributed by atoms with van der Waals surface area (Å²) < 4.78 is 18.1. The van der Waals surface area contributed by atoms with Gasteiger partial charge in [0.25, 0.3) is 0 Å². The van der Waals surface area contributed by atoms with Crippen LogP contribution in [0.1, 0.15) is 248 Å². The van der Waals surface area contributed by atoms with E-state index < -0.39 is 30.7 Å². The van der Waals surface area contributed by atoms with Crippen molar-refractivity contribution in [2.45, 2.75) is 284 Å². The Bertz CT molecular complexity index is 1430. The average Bonchev–Trinajstić information content (AvgIpc) is 3.66. The predicted molar refractivity (Wildman–Crippen MR) is 272 cm³/mol. The molecular weight excluding hydrogens is 821 g/mol. The number of hydrogen-bond donors (Lipinski definition) is 3. The van der Waals surface area contributed by atoms with Crippen molar-refractivity contribution in [1.82, 2.24) is 0 Å². The second kappa shape index (κ2) is 28.6. The smallest absolute Gasteiger partial charge is 0.305 e. The molecule has 0 bridgehead atoms. The summed E-state index contributed by atoms with van der Waals surface area (Å²) in [5, 5.41) is 32.7. The average molecular weight is 925 g/mol. The Labute approximate surface area is 405 Å². The van der Waals surface area contributed by atoms with E-state index in [1.165, 1.54) is 153 Å². The lowest BCUT2D eigenvalue weighted by Gasteiger charge is -2.58. The second-order valence-electron chi connectivity index (χ2n) is 23.6. The lowest BCUT2D eigenvalue weighted by Crippen LogP contribution is -2.60. The largest absolute Gasteiger partial charge is 0.463 e. The summed E-state index contributed by atoms with van der Waals surface area (Å²) in [5.41, 5.74) is 2.12. The van der Waals surface area contributed by atoms with Gasteiger partial charge in [0.1, 0.15) is 31.0 Å². The quantitative estimate of drug-likeness (QED) is 0.0361. The van der Waals surface area contributed by atoms with E-state index in [0.717, 1.165) is 80.5 Å². The van der Waals surface area contributed by atoms with Crippen LogP contribution in [0.4, 0.5) is 0 Å². The number of fused-ring (bicyclic) bond motifs is 5. The Morgan fingerprint density at radius 2 is 1.36 bits per heavy atom. The summed E-state index contributed by atoms with van der Waals surface area (Å²) in [5.74, 6) is 5.22. The third-order valence-corrected chi connectivity index (χ3v) is 18.8. The standard InChI is InChI=1S/C59H104O7/c1-8-10-11-12-13-14-15-16-17-18-19-20-21-22-23-24-25-26-27-28-29-30-53(60)64-42-52-54(61)55(62)56(63)57(66-52)65-47-37-39-58(6)46(41-47)33-34-48-50-36-35-49(59(50,7)40-38-51(48)58)44(5)31-32-45(9-2)43(3)4/h18-19,33,43-45,47-52,54-57,61-63H,8-17,20-32,34-42H2,1-7H3/b19-18-. The zero-order valence-corrected chi connectivity index (χ0v) is 43.8. The first kappa shape index (κ1) is 55.7. The number of esters is 1. The van der Waals surface area contributed by atoms with Crippen molar-refractivity contribution in [2.75, 3.05) is 6.61 Å². The Hall–Kier alpha value is -1.25. The van der Waals surface area contributed by atoms with E-state index in [9.17, 15) is 20.1 Å². The summed E-state index contributed by atoms with van der Waals surface area (Å²) in [7, 11) is 0. The molecule has 1 heterocycles. The summed E-state index contributed by atoms with van der Waals surface area (Å²) in [4.78, 5) is 12.7. The van der Waals surface area contributed by atoms with Gasteiger partial charge in [0.15, 0.2) is 6.29 Å². The number of ether oxygens (including phenoxy) is 3. The number of aliphatic hydroxyl groups is 3. The first-order valence-corrected chi connectivity index (χ1v) is 28.7. The maximum absolute atomic E-state index is 12.7. The highest BCUT2D eigenvalue weighted by molar-refractivity contribution is 5.69. The molecule has 1 saturated heterocycles. The summed E-state index contributed by atoms with van der Waals surface area (Å²) in [6.07, 6.45) is 38.8. The molecule has 5 rings (SSSR count). The zero-order valence-electron chi connectivity index (χ0n) is 43.8. The molecule has 1 aliphatic heterocycles. The van der Waals surface area contributed by atoms with Gasteiger partial charge in [-0.1, -0.05) is 175 Å². The normalized spacial score (nSPS) is 34.2. The molecule has 0 spiro atoms. The molecule has 0 aromatic heterocycles. The Morgan fingerprint density at radius 1 is 0.742 bits per heavy atom. The molecule has 4 fully saturated rings. The van der Waals surface area contributed by atoms with Crippen molar-refractivity contribution in [1.29, 1.82) is 0 Å². The van der Waals surface area contributed by atoms with Crippen molar-refractivity contribution in [3.05, 3.63) is 23.8 Å². The van der Waals surface area contributed by atoms with Crippen LogP contribution in [0, 0.1) is 52.3 Å². The van der Waals surface area contributed by atoms with Crippen LogP contribution < -0.4 is 0 Å². The molecule has 5 aliphatic rings. The van der Waals surface area contributed by atoms with Crippen LogP contribution in [0.5, 0.6) is 0 Å². The molecule has 7 nitrogen and oxygen atoms in total. The minimum atomic E-state index is -1.44. The molecule has 4 aliphatic carbocycles. The van der Waals surface area contributed by atoms with Gasteiger partial charge in [-0.3, -0.25) is 4.79 Å². The molecule has 0 aromatic carbocycles. The number of unbranched alkanes of at least 4 members (excludes halogenated alkanes) is 17. The van der Waals surface area contributed by atoms with Crippen LogP contribution in [0.25, 0.3) is 0 Å². The van der Waals surface area contributed by atoms with E-state index >= 15 is 0 Å². The molecule has 14 atom stereocenters. The second-order valence-corrected chi connectivity index (χ2v) is 23.6. The predicted octanol–water partition coefficient (Wildman–Crippen LogP) is 14.8. The summed E-state index contributed by atoms with van der Waals surface area (Å²) >= 11 is 0. The van der Waals surface area contributed by atoms with E-state index in [1.807, 2.05) is 0 Å². The van der Waals surface area contributed by atoms with Crippen LogP contribution >= 0.6 is 0 Å². The maximum Gasteiger partial charge on any atom is 0.305 e. The molecule has 66 heavy (non-hydrogen) atoms. The van der Waals surface area contributed by atoms with Crippen LogP contribution in [-0.2, 0) is 19.0 Å². The number of hydrogen-bond acceptors (Lipinski definition) is 7. The van der Waals surface area contributed by atoms with E-state index in [2.05, 4.69) is 66.7 Å². The van der Waals surface area contributed by atoms with Crippen molar-refractivity contribution in [3.63, 3.8) is 0 Å². The minimum Gasteiger partial charge on any atom is -0.463 e. The van der Waals surface area contributed by atoms with Gasteiger partial charge in [0.05, 0.1) is 6.10 Å². The highest BCUT2D eigenvalue weighted by Crippen LogP contribution is 2.67. The number of rotatable bonds is 31. The number of aliphatic hydroxyl groups excluding tert-OH is 3. The van der Waals surface area contributed by atoms with Gasteiger partial charge in [-0.15, -0.1) is 0 Å². The molecule has 14 unspecified atom stereocenters. The highest BCUT2D eigenvalue weighted by atomic mass is 16.7. The lowest BCUT2D eigenvalue weighted by molar-refractivity contribution is -0.313. The van der Waals surface area contributed by atoms with Gasteiger partial charge in [0.2, 0.25) is 0 Å². The Balaban J connectivity index is 0.943. The van der Waals surface area contributed by atoms with Crippen molar-refractivity contribution >= 4 is 5.97 Å². The molecule has 0 radical (unpaired) electrons. The fourth-order valence-corrected chi connectivity index (χ4v) is 14.4. The number of carbonyl (C=O) groups excluding carboxylic acids is 1. The third kappa shape index (κ3) is 15.6. The van der Waals surface area contributed by atoms with Gasteiger partial charge in [-0.2, -0.15) is 0 Å². The van der Waals surface area contributed by atoms with Crippen LogP contribution in [0.2, 0.25) is 0 Å². The third-order valence-electron chi connectivity index (χ3n) is 18.8. The van der Waals surface area contributed by atoms with Crippen molar-refractivity contribution < 1.29 is 34.3 Å². The molecule has 0 aromatic rings. The molecule has 382 valence electrons. The van der Waals surface area contributed by atoms with Crippen LogP contribution in [0.3, 0.4) is 0 Å². The molecule has 3 saturated carbocycles. The maximum atomic E-state index is 12.7. The van der Waals surface area contributed by atoms with Gasteiger partial charge >= 0.3 is 5.97 Å². The van der Waals surface area contributed by atoms with E-state index in [-0.39, 0.29) is 24.1 Å². The van der Waals surface area contributed by atoms with Gasteiger partial charge < -0.3 is 29.5 Å². The molecule has 0 amide bonds. The summed E-state index contributed by atoms with van der Waals surface area (Å²) in [6, 6.07) is 0. The Morgan fingerprint density at radius 3 is 1.98 bits per heavy atom. The van der Waals surface area contributed by atoms with E-state index in [0.29, 0.717) is 17.8 Å². The summed E-state index contributed by atoms with van der Waals surface area (Å²) in [6.45, 7) is 17.1. The SMILES string of the molecule is CCCCCCCCCC/C=C\CCCCCCCCCCCC(=O)OCC1OC(OC2CCC3(C)C(=CCC4C3CCC3(C)C(C(C)CCC(CC)C(C)C)CCC43)C2)C(O)C(O)C1O. The van der Waals surface area contributed by atoms with Crippen molar-refractivity contribution in [2.24, 2.45) is 52.3 Å². The van der Waals surface area contributed by atoms with Gasteiger partial charge in [-0.25, -0.2) is 0 Å². The van der Waals surface area contributed by atoms with Crippen LogP contribution in [-0.4, -0.2) is 64.7 Å². The topological polar surface area (TPSA) is 105 Å². The van der Waals surface area contributed by atoms with Gasteiger partial charge in [-0.05, 0) is 142 Å². The fourth-order valence-electron chi connectivity index (χ4n) is 14.4. The Kier molecular flexibility index (Phi) is 24.1. The lowest BCUT2D eigenvalue weighted by atomic mass is 9.47. The fraction of sp³-hybridized carbons (Fsp3) is 0.915. The minimum absolute atomic E-state index is 0.143. The van der Waals surface area contributed by atoms with Gasteiger partial charge in [0, 0.05) is 6.42 Å². The van der Waals surface area contributed by atoms with Crippen LogP contribution in [0.15, 0.2) is 23.8 Å². The molecule has 7 heteroatoms. The first-order chi connectivity index (χ1) is 31.8. The number of allylic oxidation sites excluding steroid dienone is 3.